The zero-order valence-corrected chi connectivity index (χ0v) is 13.3. The molecule has 0 amide bonds. The molecule has 0 radical (unpaired) electrons. The maximum absolute atomic E-state index is 5.66. The second-order valence-corrected chi connectivity index (χ2v) is 6.82. The van der Waals surface area contributed by atoms with Crippen LogP contribution in [0.1, 0.15) is 61.7 Å². The van der Waals surface area contributed by atoms with Gasteiger partial charge in [0.1, 0.15) is 11.1 Å². The molecule has 1 aromatic heterocycles. The highest BCUT2D eigenvalue weighted by Crippen LogP contribution is 2.44. The molecule has 2 rings (SSSR count). The fraction of sp³-hybridized carbons (Fsp3) is 0.800. The summed E-state index contributed by atoms with van der Waals surface area (Å²) in [5.41, 5.74) is 1.28. The molecule has 0 saturated heterocycles. The van der Waals surface area contributed by atoms with Gasteiger partial charge in [-0.05, 0) is 25.2 Å². The molecule has 1 N–H and O–H groups in total. The molecule has 1 aliphatic carbocycles. The number of ether oxygens (including phenoxy) is 1. The summed E-state index contributed by atoms with van der Waals surface area (Å²) in [5.74, 6) is 0.705. The number of hydrogen-bond acceptors (Lipinski definition) is 4. The van der Waals surface area contributed by atoms with E-state index in [1.165, 1.54) is 28.4 Å². The average Bonchev–Trinajstić information content (AvgIpc) is 3.11. The number of nitrogens with zero attached hydrogens (tertiary/aromatic N) is 1. The van der Waals surface area contributed by atoms with E-state index in [2.05, 4.69) is 26.1 Å². The minimum atomic E-state index is 0.230. The molecule has 1 unspecified atom stereocenters. The quantitative estimate of drug-likeness (QED) is 0.789. The summed E-state index contributed by atoms with van der Waals surface area (Å²) in [6, 6.07) is 0.515. The first-order valence-corrected chi connectivity index (χ1v) is 8.22. The number of rotatable bonds is 8. The number of nitrogens with one attached hydrogen (secondary N) is 1. The first-order chi connectivity index (χ1) is 9.15. The maximum Gasteiger partial charge on any atom is 0.122 e. The molecule has 1 heterocycles. The van der Waals surface area contributed by atoms with E-state index < -0.39 is 0 Å². The average molecular weight is 282 g/mol. The predicted octanol–water partition coefficient (Wildman–Crippen LogP) is 3.69. The Hall–Kier alpha value is -0.450. The van der Waals surface area contributed by atoms with E-state index in [1.54, 1.807) is 0 Å². The minimum Gasteiger partial charge on any atom is -0.374 e. The Labute approximate surface area is 120 Å². The van der Waals surface area contributed by atoms with Crippen LogP contribution in [0.2, 0.25) is 0 Å². The van der Waals surface area contributed by atoms with Crippen molar-refractivity contribution in [3.63, 3.8) is 0 Å². The minimum absolute atomic E-state index is 0.230. The van der Waals surface area contributed by atoms with E-state index in [4.69, 9.17) is 9.72 Å². The summed E-state index contributed by atoms with van der Waals surface area (Å²) in [7, 11) is 1.82. The summed E-state index contributed by atoms with van der Waals surface area (Å²) in [6.45, 7) is 7.52. The van der Waals surface area contributed by atoms with Gasteiger partial charge in [0.2, 0.25) is 0 Å². The van der Waals surface area contributed by atoms with E-state index in [1.807, 2.05) is 18.4 Å². The van der Waals surface area contributed by atoms with Crippen LogP contribution in [-0.4, -0.2) is 18.1 Å². The van der Waals surface area contributed by atoms with Gasteiger partial charge in [-0.1, -0.05) is 27.2 Å². The number of thiazole rings is 1. The van der Waals surface area contributed by atoms with E-state index in [0.29, 0.717) is 12.0 Å². The van der Waals surface area contributed by atoms with Gasteiger partial charge >= 0.3 is 0 Å². The van der Waals surface area contributed by atoms with Crippen molar-refractivity contribution in [1.82, 2.24) is 10.3 Å². The molecule has 0 bridgehead atoms. The summed E-state index contributed by atoms with van der Waals surface area (Å²) in [5, 5.41) is 4.69. The fourth-order valence-electron chi connectivity index (χ4n) is 2.29. The van der Waals surface area contributed by atoms with E-state index in [0.717, 1.165) is 19.4 Å². The SMILES string of the molecule is CCCc1nc(C(OC)C2CC2)sc1CNC(C)C. The highest BCUT2D eigenvalue weighted by atomic mass is 32.1. The van der Waals surface area contributed by atoms with Crippen LogP contribution in [0.25, 0.3) is 0 Å². The fourth-order valence-corrected chi connectivity index (χ4v) is 3.52. The lowest BCUT2D eigenvalue weighted by molar-refractivity contribution is 0.0842. The van der Waals surface area contributed by atoms with Gasteiger partial charge in [-0.15, -0.1) is 11.3 Å². The predicted molar refractivity (Wildman–Crippen MR) is 80.6 cm³/mol. The molecule has 3 nitrogen and oxygen atoms in total. The van der Waals surface area contributed by atoms with Crippen LogP contribution in [-0.2, 0) is 17.7 Å². The lowest BCUT2D eigenvalue weighted by Gasteiger charge is -2.10. The van der Waals surface area contributed by atoms with Crippen molar-refractivity contribution in [2.45, 2.75) is 65.1 Å². The van der Waals surface area contributed by atoms with Gasteiger partial charge in [0, 0.05) is 24.6 Å². The van der Waals surface area contributed by atoms with Crippen LogP contribution < -0.4 is 5.32 Å². The Bertz CT molecular complexity index is 399. The Morgan fingerprint density at radius 1 is 1.42 bits per heavy atom. The highest BCUT2D eigenvalue weighted by Gasteiger charge is 2.34. The third-order valence-electron chi connectivity index (χ3n) is 3.50. The largest absolute Gasteiger partial charge is 0.374 e. The van der Waals surface area contributed by atoms with Crippen molar-refractivity contribution in [1.29, 1.82) is 0 Å². The van der Waals surface area contributed by atoms with Crippen molar-refractivity contribution >= 4 is 11.3 Å². The van der Waals surface area contributed by atoms with Gasteiger partial charge in [-0.2, -0.15) is 0 Å². The smallest absolute Gasteiger partial charge is 0.122 e. The summed E-state index contributed by atoms with van der Waals surface area (Å²) in [4.78, 5) is 6.26. The highest BCUT2D eigenvalue weighted by molar-refractivity contribution is 7.11. The number of methoxy groups -OCH3 is 1. The molecule has 0 aliphatic heterocycles. The molecule has 1 aromatic rings. The monoisotopic (exact) mass is 282 g/mol. The van der Waals surface area contributed by atoms with Crippen LogP contribution in [0.3, 0.4) is 0 Å². The van der Waals surface area contributed by atoms with E-state index in [9.17, 15) is 0 Å². The molecule has 108 valence electrons. The Balaban J connectivity index is 2.13. The second kappa shape index (κ2) is 6.82. The van der Waals surface area contributed by atoms with Gasteiger partial charge in [0.15, 0.2) is 0 Å². The van der Waals surface area contributed by atoms with E-state index >= 15 is 0 Å². The standard InChI is InChI=1S/C15H26N2OS/c1-5-6-12-13(9-16-10(2)3)19-15(17-12)14(18-4)11-7-8-11/h10-11,14,16H,5-9H2,1-4H3. The van der Waals surface area contributed by atoms with Crippen LogP contribution >= 0.6 is 11.3 Å². The van der Waals surface area contributed by atoms with Crippen molar-refractivity contribution in [3.05, 3.63) is 15.6 Å². The Morgan fingerprint density at radius 3 is 2.68 bits per heavy atom. The van der Waals surface area contributed by atoms with Gasteiger partial charge in [0.05, 0.1) is 5.69 Å². The number of hydrogen-bond donors (Lipinski definition) is 1. The normalized spacial score (nSPS) is 17.1. The van der Waals surface area contributed by atoms with Crippen LogP contribution in [0.4, 0.5) is 0 Å². The van der Waals surface area contributed by atoms with Crippen molar-refractivity contribution in [2.24, 2.45) is 5.92 Å². The van der Waals surface area contributed by atoms with Gasteiger partial charge in [-0.25, -0.2) is 4.98 Å². The molecule has 1 saturated carbocycles. The van der Waals surface area contributed by atoms with Gasteiger partial charge in [-0.3, -0.25) is 0 Å². The summed E-state index contributed by atoms with van der Waals surface area (Å²) >= 11 is 1.84. The van der Waals surface area contributed by atoms with Crippen molar-refractivity contribution < 1.29 is 4.74 Å². The van der Waals surface area contributed by atoms with Crippen LogP contribution in [0, 0.1) is 5.92 Å². The van der Waals surface area contributed by atoms with Gasteiger partial charge in [0.25, 0.3) is 0 Å². The number of aryl methyl sites for hydroxylation is 1. The lowest BCUT2D eigenvalue weighted by atomic mass is 10.2. The summed E-state index contributed by atoms with van der Waals surface area (Å²) in [6.07, 6.45) is 5.04. The molecule has 4 heteroatoms. The second-order valence-electron chi connectivity index (χ2n) is 5.70. The van der Waals surface area contributed by atoms with Crippen LogP contribution in [0.15, 0.2) is 0 Å². The molecule has 0 spiro atoms. The maximum atomic E-state index is 5.66. The van der Waals surface area contributed by atoms with Crippen molar-refractivity contribution in [3.8, 4) is 0 Å². The zero-order chi connectivity index (χ0) is 13.8. The first kappa shape index (κ1) is 14.9. The van der Waals surface area contributed by atoms with Crippen molar-refractivity contribution in [2.75, 3.05) is 7.11 Å². The third-order valence-corrected chi connectivity index (χ3v) is 4.66. The Morgan fingerprint density at radius 2 is 2.16 bits per heavy atom. The van der Waals surface area contributed by atoms with E-state index in [-0.39, 0.29) is 6.10 Å². The topological polar surface area (TPSA) is 34.1 Å². The molecular formula is C15H26N2OS. The van der Waals surface area contributed by atoms with Gasteiger partial charge < -0.3 is 10.1 Å². The van der Waals surface area contributed by atoms with Crippen LogP contribution in [0.5, 0.6) is 0 Å². The molecule has 1 fully saturated rings. The first-order valence-electron chi connectivity index (χ1n) is 7.40. The zero-order valence-electron chi connectivity index (χ0n) is 12.5. The Kier molecular flexibility index (Phi) is 5.37. The molecule has 1 aliphatic rings. The molecular weight excluding hydrogens is 256 g/mol. The summed E-state index contributed by atoms with van der Waals surface area (Å²) < 4.78 is 5.66. The lowest BCUT2D eigenvalue weighted by Crippen LogP contribution is -2.21. The molecule has 1 atom stereocenters. The number of aromatic nitrogens is 1. The molecule has 19 heavy (non-hydrogen) atoms. The molecule has 0 aromatic carbocycles. The third kappa shape index (κ3) is 4.01.